The van der Waals surface area contributed by atoms with E-state index in [1.165, 1.54) is 16.7 Å². The molecule has 3 rings (SSSR count). The monoisotopic (exact) mass is 399 g/mol. The highest BCUT2D eigenvalue weighted by Crippen LogP contribution is 2.37. The van der Waals surface area contributed by atoms with Crippen LogP contribution in [0.2, 0.25) is 0 Å². The van der Waals surface area contributed by atoms with E-state index < -0.39 is 11.9 Å². The number of carboxylic acids is 2. The summed E-state index contributed by atoms with van der Waals surface area (Å²) in [5.74, 6) is -0.549. The van der Waals surface area contributed by atoms with Crippen LogP contribution in [0.3, 0.4) is 0 Å². The molecule has 1 heterocycles. The van der Waals surface area contributed by atoms with Crippen LogP contribution < -0.4 is 14.8 Å². The van der Waals surface area contributed by atoms with Crippen LogP contribution >= 0.6 is 0 Å². The molecule has 7 heteroatoms. The minimum Gasteiger partial charge on any atom is -0.493 e. The fourth-order valence-electron chi connectivity index (χ4n) is 3.18. The van der Waals surface area contributed by atoms with Crippen LogP contribution in [0, 0.1) is 0 Å². The number of hydrogen-bond acceptors (Lipinski definition) is 5. The van der Waals surface area contributed by atoms with Crippen molar-refractivity contribution in [1.29, 1.82) is 0 Å². The Balaban J connectivity index is 0.000000321. The second kappa shape index (κ2) is 10.9. The predicted octanol–water partition coefficient (Wildman–Crippen LogP) is 2.69. The van der Waals surface area contributed by atoms with Gasteiger partial charge in [0.05, 0.1) is 14.2 Å². The van der Waals surface area contributed by atoms with Gasteiger partial charge in [0, 0.05) is 24.6 Å². The molecular formula is C22H25NO6. The Hall–Kier alpha value is -3.32. The van der Waals surface area contributed by atoms with E-state index in [1.807, 2.05) is 0 Å². The van der Waals surface area contributed by atoms with E-state index in [1.54, 1.807) is 14.2 Å². The molecule has 0 bridgehead atoms. The topological polar surface area (TPSA) is 105 Å². The summed E-state index contributed by atoms with van der Waals surface area (Å²) >= 11 is 0. The van der Waals surface area contributed by atoms with Gasteiger partial charge in [-0.2, -0.15) is 0 Å². The van der Waals surface area contributed by atoms with Crippen molar-refractivity contribution in [3.8, 4) is 11.5 Å². The first kappa shape index (κ1) is 22.0. The average Bonchev–Trinajstić information content (AvgIpc) is 2.94. The summed E-state index contributed by atoms with van der Waals surface area (Å²) in [6, 6.07) is 14.9. The van der Waals surface area contributed by atoms with Crippen molar-refractivity contribution in [3.05, 3.63) is 71.3 Å². The smallest absolute Gasteiger partial charge is 0.328 e. The molecule has 29 heavy (non-hydrogen) atoms. The van der Waals surface area contributed by atoms with Gasteiger partial charge < -0.3 is 25.0 Å². The maximum atomic E-state index is 9.55. The zero-order valence-corrected chi connectivity index (χ0v) is 16.4. The number of methoxy groups -OCH3 is 2. The summed E-state index contributed by atoms with van der Waals surface area (Å²) in [7, 11) is 3.38. The summed E-state index contributed by atoms with van der Waals surface area (Å²) in [6.45, 7) is 1.94. The molecule has 0 saturated carbocycles. The first-order valence-electron chi connectivity index (χ1n) is 9.10. The van der Waals surface area contributed by atoms with E-state index in [4.69, 9.17) is 19.7 Å². The molecule has 0 spiro atoms. The van der Waals surface area contributed by atoms with Crippen molar-refractivity contribution in [2.45, 2.75) is 12.3 Å². The zero-order chi connectivity index (χ0) is 21.2. The SMILES string of the molecule is COc1cc2c(cc1OC)C(c1ccccc1)CNCC2.O=C(O)/C=C\C(=O)O. The molecule has 0 radical (unpaired) electrons. The van der Waals surface area contributed by atoms with Crippen LogP contribution in [-0.2, 0) is 16.0 Å². The molecule has 3 N–H and O–H groups in total. The van der Waals surface area contributed by atoms with Gasteiger partial charge in [0.15, 0.2) is 11.5 Å². The third-order valence-electron chi connectivity index (χ3n) is 4.51. The summed E-state index contributed by atoms with van der Waals surface area (Å²) in [5, 5.41) is 19.2. The lowest BCUT2D eigenvalue weighted by atomic mass is 9.88. The normalized spacial score (nSPS) is 15.4. The lowest BCUT2D eigenvalue weighted by molar-refractivity contribution is -0.134. The average molecular weight is 399 g/mol. The molecule has 0 aromatic heterocycles. The highest BCUT2D eigenvalue weighted by molar-refractivity contribution is 5.89. The maximum Gasteiger partial charge on any atom is 0.328 e. The molecule has 0 amide bonds. The summed E-state index contributed by atoms with van der Waals surface area (Å²) in [4.78, 5) is 19.1. The molecule has 1 unspecified atom stereocenters. The summed E-state index contributed by atoms with van der Waals surface area (Å²) in [5.41, 5.74) is 4.01. The highest BCUT2D eigenvalue weighted by Gasteiger charge is 2.22. The Bertz CT molecular complexity index is 847. The number of rotatable bonds is 5. The lowest BCUT2D eigenvalue weighted by Gasteiger charge is -2.20. The summed E-state index contributed by atoms with van der Waals surface area (Å²) < 4.78 is 10.9. The largest absolute Gasteiger partial charge is 0.493 e. The van der Waals surface area contributed by atoms with Crippen LogP contribution in [0.4, 0.5) is 0 Å². The number of benzene rings is 2. The highest BCUT2D eigenvalue weighted by atomic mass is 16.5. The first-order valence-corrected chi connectivity index (χ1v) is 9.10. The van der Waals surface area contributed by atoms with Crippen LogP contribution in [0.1, 0.15) is 22.6 Å². The van der Waals surface area contributed by atoms with Gasteiger partial charge in [-0.25, -0.2) is 9.59 Å². The quantitative estimate of drug-likeness (QED) is 0.664. The molecule has 2 aromatic carbocycles. The van der Waals surface area contributed by atoms with E-state index >= 15 is 0 Å². The van der Waals surface area contributed by atoms with Gasteiger partial charge in [0.1, 0.15) is 0 Å². The Morgan fingerprint density at radius 2 is 1.59 bits per heavy atom. The van der Waals surface area contributed by atoms with Gasteiger partial charge in [-0.1, -0.05) is 30.3 Å². The molecule has 1 aliphatic heterocycles. The predicted molar refractivity (Wildman–Crippen MR) is 109 cm³/mol. The molecule has 154 valence electrons. The van der Waals surface area contributed by atoms with Gasteiger partial charge in [0.2, 0.25) is 0 Å². The van der Waals surface area contributed by atoms with Crippen molar-refractivity contribution in [3.63, 3.8) is 0 Å². The lowest BCUT2D eigenvalue weighted by Crippen LogP contribution is -2.20. The van der Waals surface area contributed by atoms with Gasteiger partial charge >= 0.3 is 11.9 Å². The van der Waals surface area contributed by atoms with Crippen molar-refractivity contribution in [1.82, 2.24) is 5.32 Å². The van der Waals surface area contributed by atoms with E-state index in [0.717, 1.165) is 31.0 Å². The number of aliphatic carboxylic acids is 2. The Kier molecular flexibility index (Phi) is 8.24. The third-order valence-corrected chi connectivity index (χ3v) is 4.51. The van der Waals surface area contributed by atoms with Crippen LogP contribution in [0.25, 0.3) is 0 Å². The fourth-order valence-corrected chi connectivity index (χ4v) is 3.18. The third kappa shape index (κ3) is 6.36. The fraction of sp³-hybridized carbons (Fsp3) is 0.273. The summed E-state index contributed by atoms with van der Waals surface area (Å²) in [6.07, 6.45) is 2.13. The van der Waals surface area contributed by atoms with Crippen LogP contribution in [-0.4, -0.2) is 49.5 Å². The number of nitrogens with one attached hydrogen (secondary N) is 1. The van der Waals surface area contributed by atoms with E-state index in [-0.39, 0.29) is 0 Å². The minimum atomic E-state index is -1.26. The van der Waals surface area contributed by atoms with E-state index in [0.29, 0.717) is 18.1 Å². The van der Waals surface area contributed by atoms with Gasteiger partial charge in [-0.05, 0) is 41.8 Å². The van der Waals surface area contributed by atoms with Gasteiger partial charge in [0.25, 0.3) is 0 Å². The number of ether oxygens (including phenoxy) is 2. The number of fused-ring (bicyclic) bond motifs is 1. The van der Waals surface area contributed by atoms with Crippen molar-refractivity contribution < 1.29 is 29.3 Å². The Labute approximate surface area is 169 Å². The number of hydrogen-bond donors (Lipinski definition) is 3. The van der Waals surface area contributed by atoms with Crippen molar-refractivity contribution in [2.75, 3.05) is 27.3 Å². The molecule has 0 saturated heterocycles. The van der Waals surface area contributed by atoms with E-state index in [9.17, 15) is 9.59 Å². The molecule has 1 atom stereocenters. The molecule has 1 aliphatic rings. The molecule has 0 aliphatic carbocycles. The van der Waals surface area contributed by atoms with Gasteiger partial charge in [-0.15, -0.1) is 0 Å². The Morgan fingerprint density at radius 3 is 2.14 bits per heavy atom. The Morgan fingerprint density at radius 1 is 1.00 bits per heavy atom. The van der Waals surface area contributed by atoms with Crippen molar-refractivity contribution in [2.24, 2.45) is 0 Å². The molecule has 0 fully saturated rings. The molecule has 7 nitrogen and oxygen atoms in total. The minimum absolute atomic E-state index is 0.350. The van der Waals surface area contributed by atoms with Crippen LogP contribution in [0.5, 0.6) is 11.5 Å². The zero-order valence-electron chi connectivity index (χ0n) is 16.4. The van der Waals surface area contributed by atoms with Crippen LogP contribution in [0.15, 0.2) is 54.6 Å². The number of carboxylic acid groups (broad SMARTS) is 2. The first-order chi connectivity index (χ1) is 14.0. The number of carbonyl (C=O) groups is 2. The second-order valence-corrected chi connectivity index (χ2v) is 6.33. The molecule has 2 aromatic rings. The maximum absolute atomic E-state index is 9.55. The standard InChI is InChI=1S/C18H21NO2.C4H4O4/c1-20-17-10-14-8-9-19-12-16(13-6-4-3-5-7-13)15(14)11-18(17)21-2;5-3(6)1-2-4(7)8/h3-7,10-11,16,19H,8-9,12H2,1-2H3;1-2H,(H,5,6)(H,7,8)/b;2-1-. The second-order valence-electron chi connectivity index (χ2n) is 6.33. The van der Waals surface area contributed by atoms with Crippen molar-refractivity contribution >= 4 is 11.9 Å². The van der Waals surface area contributed by atoms with Gasteiger partial charge in [-0.3, -0.25) is 0 Å². The molecular weight excluding hydrogens is 374 g/mol. The van der Waals surface area contributed by atoms with E-state index in [2.05, 4.69) is 47.8 Å².